The predicted octanol–water partition coefficient (Wildman–Crippen LogP) is 3.03. The number of hydrogen-bond donors (Lipinski definition) is 1. The third-order valence-corrected chi connectivity index (χ3v) is 3.13. The molecule has 0 fully saturated rings. The maximum Gasteiger partial charge on any atom is 0.335 e. The monoisotopic (exact) mass is 271 g/mol. The maximum atomic E-state index is 10.8. The lowest BCUT2D eigenvalue weighted by Gasteiger charge is -2.19. The SMILES string of the molecule is COc1ccc(N(C)Cc2ccc(C(=O)O)cc2)cc1. The summed E-state index contributed by atoms with van der Waals surface area (Å²) in [5.41, 5.74) is 2.45. The van der Waals surface area contributed by atoms with Crippen molar-refractivity contribution in [1.82, 2.24) is 0 Å². The first-order valence-corrected chi connectivity index (χ1v) is 6.27. The van der Waals surface area contributed by atoms with Gasteiger partial charge in [-0.15, -0.1) is 0 Å². The molecule has 4 nitrogen and oxygen atoms in total. The molecule has 0 aliphatic heterocycles. The number of methoxy groups -OCH3 is 1. The summed E-state index contributed by atoms with van der Waals surface area (Å²) in [5.74, 6) is -0.0759. The van der Waals surface area contributed by atoms with Gasteiger partial charge in [0.1, 0.15) is 5.75 Å². The maximum absolute atomic E-state index is 10.8. The zero-order chi connectivity index (χ0) is 14.5. The standard InChI is InChI=1S/C16H17NO3/c1-17(14-7-9-15(20-2)10-8-14)11-12-3-5-13(6-4-12)16(18)19/h3-10H,11H2,1-2H3,(H,18,19). The van der Waals surface area contributed by atoms with Gasteiger partial charge < -0.3 is 14.7 Å². The molecule has 0 heterocycles. The molecule has 0 unspecified atom stereocenters. The van der Waals surface area contributed by atoms with Crippen LogP contribution in [0.15, 0.2) is 48.5 Å². The highest BCUT2D eigenvalue weighted by Crippen LogP contribution is 2.19. The molecular formula is C16H17NO3. The van der Waals surface area contributed by atoms with E-state index in [0.717, 1.165) is 17.0 Å². The Morgan fingerprint density at radius 3 is 2.20 bits per heavy atom. The number of carboxylic acids is 1. The minimum absolute atomic E-state index is 0.306. The van der Waals surface area contributed by atoms with Crippen molar-refractivity contribution in [3.8, 4) is 5.75 Å². The van der Waals surface area contributed by atoms with E-state index in [1.54, 1.807) is 19.2 Å². The average molecular weight is 271 g/mol. The fraction of sp³-hybridized carbons (Fsp3) is 0.188. The van der Waals surface area contributed by atoms with E-state index in [-0.39, 0.29) is 0 Å². The summed E-state index contributed by atoms with van der Waals surface area (Å²) in [4.78, 5) is 12.9. The second-order valence-electron chi connectivity index (χ2n) is 4.56. The molecule has 4 heteroatoms. The number of ether oxygens (including phenoxy) is 1. The van der Waals surface area contributed by atoms with Crippen molar-refractivity contribution < 1.29 is 14.6 Å². The van der Waals surface area contributed by atoms with Crippen LogP contribution in [0.5, 0.6) is 5.75 Å². The van der Waals surface area contributed by atoms with Crippen molar-refractivity contribution in [1.29, 1.82) is 0 Å². The van der Waals surface area contributed by atoms with Crippen LogP contribution in [0.1, 0.15) is 15.9 Å². The number of rotatable bonds is 5. The van der Waals surface area contributed by atoms with E-state index in [0.29, 0.717) is 12.1 Å². The Morgan fingerprint density at radius 1 is 1.10 bits per heavy atom. The van der Waals surface area contributed by atoms with E-state index in [1.807, 2.05) is 43.4 Å². The van der Waals surface area contributed by atoms with Gasteiger partial charge >= 0.3 is 5.97 Å². The number of hydrogen-bond acceptors (Lipinski definition) is 3. The number of carboxylic acid groups (broad SMARTS) is 1. The molecule has 0 radical (unpaired) electrons. The Bertz CT molecular complexity index is 576. The third kappa shape index (κ3) is 3.29. The average Bonchev–Trinajstić information content (AvgIpc) is 2.48. The molecule has 0 aliphatic carbocycles. The van der Waals surface area contributed by atoms with Crippen molar-refractivity contribution in [2.45, 2.75) is 6.54 Å². The van der Waals surface area contributed by atoms with Crippen LogP contribution in [0.3, 0.4) is 0 Å². The predicted molar refractivity (Wildman–Crippen MR) is 78.5 cm³/mol. The Morgan fingerprint density at radius 2 is 1.70 bits per heavy atom. The quantitative estimate of drug-likeness (QED) is 0.908. The Hall–Kier alpha value is -2.49. The molecule has 0 bridgehead atoms. The van der Waals surface area contributed by atoms with E-state index in [2.05, 4.69) is 4.90 Å². The number of carbonyl (C=O) groups is 1. The van der Waals surface area contributed by atoms with Crippen LogP contribution in [-0.2, 0) is 6.54 Å². The fourth-order valence-electron chi connectivity index (χ4n) is 1.95. The van der Waals surface area contributed by atoms with Gasteiger partial charge in [0.15, 0.2) is 0 Å². The van der Waals surface area contributed by atoms with Gasteiger partial charge in [0.05, 0.1) is 12.7 Å². The molecule has 2 aromatic rings. The first kappa shape index (κ1) is 13.9. The molecular weight excluding hydrogens is 254 g/mol. The molecule has 104 valence electrons. The van der Waals surface area contributed by atoms with Crippen LogP contribution < -0.4 is 9.64 Å². The Balaban J connectivity index is 2.06. The van der Waals surface area contributed by atoms with E-state index in [4.69, 9.17) is 9.84 Å². The zero-order valence-corrected chi connectivity index (χ0v) is 11.5. The lowest BCUT2D eigenvalue weighted by atomic mass is 10.1. The molecule has 2 rings (SSSR count). The van der Waals surface area contributed by atoms with E-state index in [1.165, 1.54) is 0 Å². The first-order valence-electron chi connectivity index (χ1n) is 6.27. The van der Waals surface area contributed by atoms with Crippen molar-refractivity contribution in [2.24, 2.45) is 0 Å². The van der Waals surface area contributed by atoms with Crippen molar-refractivity contribution >= 4 is 11.7 Å². The smallest absolute Gasteiger partial charge is 0.335 e. The highest BCUT2D eigenvalue weighted by molar-refractivity contribution is 5.87. The number of anilines is 1. The third-order valence-electron chi connectivity index (χ3n) is 3.13. The molecule has 2 aromatic carbocycles. The molecule has 1 N–H and O–H groups in total. The van der Waals surface area contributed by atoms with Gasteiger partial charge in [0.25, 0.3) is 0 Å². The second-order valence-corrected chi connectivity index (χ2v) is 4.56. The van der Waals surface area contributed by atoms with Gasteiger partial charge in [-0.3, -0.25) is 0 Å². The number of benzene rings is 2. The summed E-state index contributed by atoms with van der Waals surface area (Å²) in [6.07, 6.45) is 0. The van der Waals surface area contributed by atoms with E-state index < -0.39 is 5.97 Å². The van der Waals surface area contributed by atoms with Crippen LogP contribution in [0.2, 0.25) is 0 Å². The van der Waals surface area contributed by atoms with E-state index in [9.17, 15) is 4.79 Å². The number of nitrogens with zero attached hydrogens (tertiary/aromatic N) is 1. The topological polar surface area (TPSA) is 49.8 Å². The summed E-state index contributed by atoms with van der Waals surface area (Å²) in [6, 6.07) is 14.7. The van der Waals surface area contributed by atoms with Gasteiger partial charge in [-0.1, -0.05) is 12.1 Å². The highest BCUT2D eigenvalue weighted by Gasteiger charge is 2.05. The van der Waals surface area contributed by atoms with Gasteiger partial charge in [0.2, 0.25) is 0 Å². The summed E-state index contributed by atoms with van der Waals surface area (Å²) >= 11 is 0. The second kappa shape index (κ2) is 6.10. The Labute approximate surface area is 118 Å². The minimum atomic E-state index is -0.903. The summed E-state index contributed by atoms with van der Waals surface area (Å²) in [5, 5.41) is 8.86. The van der Waals surface area contributed by atoms with Crippen LogP contribution in [0.25, 0.3) is 0 Å². The summed E-state index contributed by atoms with van der Waals surface area (Å²) in [7, 11) is 3.63. The van der Waals surface area contributed by atoms with Crippen LogP contribution in [0.4, 0.5) is 5.69 Å². The van der Waals surface area contributed by atoms with Gasteiger partial charge in [-0.05, 0) is 42.0 Å². The molecule has 0 aliphatic rings. The van der Waals surface area contributed by atoms with Crippen LogP contribution in [0, 0.1) is 0 Å². The van der Waals surface area contributed by atoms with Gasteiger partial charge in [-0.2, -0.15) is 0 Å². The minimum Gasteiger partial charge on any atom is -0.497 e. The van der Waals surface area contributed by atoms with Crippen LogP contribution in [-0.4, -0.2) is 25.2 Å². The van der Waals surface area contributed by atoms with Crippen LogP contribution >= 0.6 is 0 Å². The van der Waals surface area contributed by atoms with Gasteiger partial charge in [0, 0.05) is 19.3 Å². The lowest BCUT2D eigenvalue weighted by molar-refractivity contribution is 0.0697. The first-order chi connectivity index (χ1) is 9.60. The Kier molecular flexibility index (Phi) is 4.25. The van der Waals surface area contributed by atoms with Crippen molar-refractivity contribution in [2.75, 3.05) is 19.1 Å². The summed E-state index contributed by atoms with van der Waals surface area (Å²) in [6.45, 7) is 0.715. The molecule has 0 spiro atoms. The fourth-order valence-corrected chi connectivity index (χ4v) is 1.95. The summed E-state index contributed by atoms with van der Waals surface area (Å²) < 4.78 is 5.13. The molecule has 0 atom stereocenters. The number of aromatic carboxylic acids is 1. The lowest BCUT2D eigenvalue weighted by Crippen LogP contribution is -2.16. The van der Waals surface area contributed by atoms with Crippen molar-refractivity contribution in [3.05, 3.63) is 59.7 Å². The molecule has 0 aromatic heterocycles. The zero-order valence-electron chi connectivity index (χ0n) is 11.5. The molecule has 0 amide bonds. The molecule has 20 heavy (non-hydrogen) atoms. The van der Waals surface area contributed by atoms with Crippen molar-refractivity contribution in [3.63, 3.8) is 0 Å². The largest absolute Gasteiger partial charge is 0.497 e. The normalized spacial score (nSPS) is 10.1. The molecule has 0 saturated carbocycles. The highest BCUT2D eigenvalue weighted by atomic mass is 16.5. The molecule has 0 saturated heterocycles. The van der Waals surface area contributed by atoms with Gasteiger partial charge in [-0.25, -0.2) is 4.79 Å². The van der Waals surface area contributed by atoms with E-state index >= 15 is 0 Å².